The lowest BCUT2D eigenvalue weighted by molar-refractivity contribution is -0.663. The molecule has 12 nitrogen and oxygen atoms in total. The van der Waals surface area contributed by atoms with E-state index in [1.165, 1.54) is 24.3 Å². The second-order valence-electron chi connectivity index (χ2n) is 8.17. The predicted octanol–water partition coefficient (Wildman–Crippen LogP) is -0.674. The molecule has 4 N–H and O–H groups in total. The monoisotopic (exact) mass is 540 g/mol. The van der Waals surface area contributed by atoms with Gasteiger partial charge in [-0.3, -0.25) is 14.5 Å². The minimum Gasteiger partial charge on any atom is -0.543 e. The van der Waals surface area contributed by atoms with Crippen LogP contribution in [-0.2, 0) is 25.8 Å². The van der Waals surface area contributed by atoms with Crippen molar-refractivity contribution in [3.63, 3.8) is 0 Å². The van der Waals surface area contributed by atoms with Gasteiger partial charge in [0.25, 0.3) is 11.8 Å². The third-order valence-electron chi connectivity index (χ3n) is 5.91. The Balaban J connectivity index is 1.39. The Morgan fingerprint density at radius 3 is 2.92 bits per heavy atom. The molecule has 5 rings (SSSR count). The molecule has 1 unspecified atom stereocenters. The average molecular weight is 541 g/mol. The Bertz CT molecular complexity index is 1500. The lowest BCUT2D eigenvalue weighted by atomic mass is 10.0. The Labute approximate surface area is 218 Å². The van der Waals surface area contributed by atoms with Crippen molar-refractivity contribution in [2.75, 3.05) is 18.6 Å². The number of thioether (sulfide) groups is 1. The molecule has 0 saturated carbocycles. The van der Waals surface area contributed by atoms with Gasteiger partial charge in [0.05, 0.1) is 17.1 Å². The molecule has 2 atom stereocenters. The molecule has 0 aliphatic carbocycles. The Morgan fingerprint density at radius 2 is 2.22 bits per heavy atom. The SMILES string of the molecule is CO/N=C(\C(=O)NC1C(=O)N2C(C(=O)[O-])=C(C[n+]3cccc4cc(O)ccc43)CS[C@H]12)c1csc(N)n1. The van der Waals surface area contributed by atoms with Gasteiger partial charge < -0.3 is 30.9 Å². The summed E-state index contributed by atoms with van der Waals surface area (Å²) >= 11 is 2.45. The van der Waals surface area contributed by atoms with E-state index in [9.17, 15) is 24.6 Å². The minimum atomic E-state index is -1.48. The molecule has 190 valence electrons. The van der Waals surface area contributed by atoms with Crippen LogP contribution in [0.2, 0.25) is 0 Å². The Morgan fingerprint density at radius 1 is 1.41 bits per heavy atom. The van der Waals surface area contributed by atoms with Crippen LogP contribution in [0.25, 0.3) is 10.9 Å². The summed E-state index contributed by atoms with van der Waals surface area (Å²) in [4.78, 5) is 48.0. The number of pyridine rings is 1. The average Bonchev–Trinajstić information content (AvgIpc) is 3.30. The molecule has 3 aromatic rings. The van der Waals surface area contributed by atoms with E-state index in [2.05, 4.69) is 15.5 Å². The number of phenols is 1. The van der Waals surface area contributed by atoms with Crippen molar-refractivity contribution in [2.45, 2.75) is 18.0 Å². The second-order valence-corrected chi connectivity index (χ2v) is 10.2. The quantitative estimate of drug-likeness (QED) is 0.152. The molecule has 0 spiro atoms. The van der Waals surface area contributed by atoms with Gasteiger partial charge in [-0.1, -0.05) is 5.16 Å². The maximum absolute atomic E-state index is 13.0. The van der Waals surface area contributed by atoms with E-state index in [1.54, 1.807) is 30.5 Å². The number of nitrogens with zero attached hydrogens (tertiary/aromatic N) is 4. The number of nitrogens with one attached hydrogen (secondary N) is 1. The highest BCUT2D eigenvalue weighted by atomic mass is 32.2. The summed E-state index contributed by atoms with van der Waals surface area (Å²) in [6.45, 7) is 0.196. The number of rotatable bonds is 7. The zero-order valence-corrected chi connectivity index (χ0v) is 20.9. The first-order valence-corrected chi connectivity index (χ1v) is 12.8. The summed E-state index contributed by atoms with van der Waals surface area (Å²) < 4.78 is 1.84. The van der Waals surface area contributed by atoms with Gasteiger partial charge in [-0.25, -0.2) is 4.98 Å². The lowest BCUT2D eigenvalue weighted by Crippen LogP contribution is -2.71. The number of hydrogen-bond acceptors (Lipinski definition) is 11. The maximum Gasteiger partial charge on any atom is 0.276 e. The van der Waals surface area contributed by atoms with Crippen LogP contribution in [0.4, 0.5) is 5.13 Å². The molecule has 1 saturated heterocycles. The number of thiazole rings is 1. The number of β-lactam (4-membered cyclic amide) rings is 1. The summed E-state index contributed by atoms with van der Waals surface area (Å²) in [5.41, 5.74) is 6.75. The molecular weight excluding hydrogens is 520 g/mol. The molecule has 1 aromatic carbocycles. The zero-order chi connectivity index (χ0) is 26.3. The van der Waals surface area contributed by atoms with Crippen molar-refractivity contribution >= 4 is 62.6 Å². The summed E-state index contributed by atoms with van der Waals surface area (Å²) in [5.74, 6) is -2.34. The van der Waals surface area contributed by atoms with Crippen LogP contribution < -0.4 is 20.7 Å². The van der Waals surface area contributed by atoms with E-state index in [0.29, 0.717) is 11.3 Å². The molecule has 37 heavy (non-hydrogen) atoms. The van der Waals surface area contributed by atoms with Crippen LogP contribution >= 0.6 is 23.1 Å². The highest BCUT2D eigenvalue weighted by Gasteiger charge is 2.53. The zero-order valence-electron chi connectivity index (χ0n) is 19.3. The van der Waals surface area contributed by atoms with Gasteiger partial charge in [0.1, 0.15) is 30.0 Å². The van der Waals surface area contributed by atoms with E-state index in [4.69, 9.17) is 10.6 Å². The number of aliphatic carboxylic acids is 1. The molecule has 1 fully saturated rings. The van der Waals surface area contributed by atoms with Crippen LogP contribution in [0.15, 0.2) is 58.3 Å². The van der Waals surface area contributed by atoms with Gasteiger partial charge in [-0.05, 0) is 18.2 Å². The standard InChI is InChI=1S/C23H20N6O6S2/c1-35-27-16(14-10-37-23(24)25-14)19(31)26-17-20(32)29-18(22(33)34)12(9-36-21(17)29)8-28-6-2-3-11-7-13(30)4-5-15(11)28/h2-7,10,17,21H,8-9H2,1H3,(H4-,24,25,26,30,31,33,34)/b27-16-/t17?,21-/m1/s1. The van der Waals surface area contributed by atoms with Gasteiger partial charge in [0, 0.05) is 28.8 Å². The van der Waals surface area contributed by atoms with Crippen molar-refractivity contribution in [1.29, 1.82) is 0 Å². The van der Waals surface area contributed by atoms with Gasteiger partial charge >= 0.3 is 0 Å². The first-order valence-electron chi connectivity index (χ1n) is 10.9. The van der Waals surface area contributed by atoms with Gasteiger partial charge in [-0.2, -0.15) is 4.57 Å². The van der Waals surface area contributed by atoms with E-state index in [0.717, 1.165) is 27.1 Å². The molecular formula is C23H20N6O6S2. The van der Waals surface area contributed by atoms with E-state index in [1.807, 2.05) is 10.6 Å². The van der Waals surface area contributed by atoms with Crippen molar-refractivity contribution in [2.24, 2.45) is 5.16 Å². The number of carboxylic acids is 1. The van der Waals surface area contributed by atoms with Crippen LogP contribution in [-0.4, -0.2) is 62.8 Å². The Kier molecular flexibility index (Phi) is 6.43. The smallest absolute Gasteiger partial charge is 0.276 e. The number of carbonyl (C=O) groups excluding carboxylic acids is 3. The van der Waals surface area contributed by atoms with Gasteiger partial charge in [0.2, 0.25) is 5.52 Å². The second kappa shape index (κ2) is 9.71. The third kappa shape index (κ3) is 4.44. The van der Waals surface area contributed by atoms with Crippen molar-refractivity contribution in [3.05, 3.63) is 58.9 Å². The summed E-state index contributed by atoms with van der Waals surface area (Å²) in [7, 11) is 1.27. The van der Waals surface area contributed by atoms with Crippen molar-refractivity contribution < 1.29 is 34.0 Å². The van der Waals surface area contributed by atoms with E-state index < -0.39 is 29.2 Å². The number of amides is 2. The molecule has 0 radical (unpaired) electrons. The molecule has 14 heteroatoms. The highest BCUT2D eigenvalue weighted by Crippen LogP contribution is 2.40. The van der Waals surface area contributed by atoms with Crippen LogP contribution in [0, 0.1) is 0 Å². The fourth-order valence-electron chi connectivity index (χ4n) is 4.31. The number of nitrogen functional groups attached to an aromatic ring is 1. The molecule has 2 amide bonds. The molecule has 4 heterocycles. The normalized spacial score (nSPS) is 19.4. The number of carboxylic acid groups (broad SMARTS) is 1. The first kappa shape index (κ1) is 24.5. The van der Waals surface area contributed by atoms with Crippen LogP contribution in [0.5, 0.6) is 5.75 Å². The number of nitrogens with two attached hydrogens (primary N) is 1. The lowest BCUT2D eigenvalue weighted by Gasteiger charge is -2.50. The summed E-state index contributed by atoms with van der Waals surface area (Å²) in [5, 5.41) is 30.2. The highest BCUT2D eigenvalue weighted by molar-refractivity contribution is 8.00. The summed E-state index contributed by atoms with van der Waals surface area (Å²) in [6, 6.07) is 7.54. The van der Waals surface area contributed by atoms with Gasteiger partial charge in [0.15, 0.2) is 23.6 Å². The largest absolute Gasteiger partial charge is 0.543 e. The van der Waals surface area contributed by atoms with Crippen LogP contribution in [0.1, 0.15) is 5.69 Å². The molecule has 2 aliphatic heterocycles. The number of carbonyl (C=O) groups is 3. The first-order chi connectivity index (χ1) is 17.8. The number of aromatic hydroxyl groups is 1. The van der Waals surface area contributed by atoms with Gasteiger partial charge in [-0.15, -0.1) is 23.1 Å². The number of hydrogen-bond donors (Lipinski definition) is 3. The van der Waals surface area contributed by atoms with Crippen LogP contribution in [0.3, 0.4) is 0 Å². The number of benzene rings is 1. The summed E-state index contributed by atoms with van der Waals surface area (Å²) in [6.07, 6.45) is 1.79. The molecule has 0 bridgehead atoms. The number of aromatic nitrogens is 2. The van der Waals surface area contributed by atoms with Crippen molar-refractivity contribution in [3.8, 4) is 5.75 Å². The fourth-order valence-corrected chi connectivity index (χ4v) is 6.19. The topological polar surface area (TPSA) is 174 Å². The fraction of sp³-hybridized carbons (Fsp3) is 0.217. The maximum atomic E-state index is 13.0. The van der Waals surface area contributed by atoms with E-state index in [-0.39, 0.29) is 34.5 Å². The number of anilines is 1. The minimum absolute atomic E-state index is 0.118. The molecule has 2 aliphatic rings. The van der Waals surface area contributed by atoms with Crippen molar-refractivity contribution in [1.82, 2.24) is 15.2 Å². The van der Waals surface area contributed by atoms with E-state index >= 15 is 0 Å². The predicted molar refractivity (Wildman–Crippen MR) is 133 cm³/mol. The number of oxime groups is 1. The Hall–Kier alpha value is -4.17. The molecule has 2 aromatic heterocycles. The third-order valence-corrected chi connectivity index (χ3v) is 7.93. The number of fused-ring (bicyclic) bond motifs is 2. The number of phenolic OH excluding ortho intramolecular Hbond substituents is 1.